The molecule has 0 N–H and O–H groups in total. The van der Waals surface area contributed by atoms with Crippen LogP contribution in [0.25, 0.3) is 0 Å². The zero-order valence-corrected chi connectivity index (χ0v) is 23.1. The number of sulfone groups is 1. The van der Waals surface area contributed by atoms with Crippen molar-refractivity contribution in [2.24, 2.45) is 5.41 Å². The number of rotatable bonds is 4. The summed E-state index contributed by atoms with van der Waals surface area (Å²) < 4.78 is 142. The molecular formula is C28H24F8N2O4S. The highest BCUT2D eigenvalue weighted by Crippen LogP contribution is 2.57. The van der Waals surface area contributed by atoms with Crippen molar-refractivity contribution in [3.63, 3.8) is 0 Å². The summed E-state index contributed by atoms with van der Waals surface area (Å²) in [6.07, 6.45) is -13.5. The summed E-state index contributed by atoms with van der Waals surface area (Å²) in [7, 11) is -4.63. The van der Waals surface area contributed by atoms with Crippen molar-refractivity contribution in [2.45, 2.75) is 65.8 Å². The summed E-state index contributed by atoms with van der Waals surface area (Å²) in [6.45, 7) is 0.00517. The Hall–Kier alpha value is -3.25. The monoisotopic (exact) mass is 636 g/mol. The van der Waals surface area contributed by atoms with Gasteiger partial charge in [0.25, 0.3) is 0 Å². The highest BCUT2D eigenvalue weighted by atomic mass is 32.2. The molecule has 5 rings (SSSR count). The molecule has 1 aliphatic carbocycles. The Kier molecular flexibility index (Phi) is 7.36. The van der Waals surface area contributed by atoms with Crippen LogP contribution in [0.15, 0.2) is 47.4 Å². The number of aryl methyl sites for hydroxylation is 1. The van der Waals surface area contributed by atoms with Gasteiger partial charge >= 0.3 is 18.0 Å². The fourth-order valence-corrected chi connectivity index (χ4v) is 9.03. The van der Waals surface area contributed by atoms with E-state index in [9.17, 15) is 53.6 Å². The Morgan fingerprint density at radius 1 is 0.953 bits per heavy atom. The van der Waals surface area contributed by atoms with Crippen LogP contribution in [-0.4, -0.2) is 57.4 Å². The Morgan fingerprint density at radius 3 is 2.12 bits per heavy atom. The van der Waals surface area contributed by atoms with Gasteiger partial charge in [0, 0.05) is 25.3 Å². The number of benzene rings is 2. The first kappa shape index (κ1) is 31.2. The number of fused-ring (bicyclic) bond motifs is 3. The number of carbonyl (C=O) groups excluding carboxylic acids is 1. The van der Waals surface area contributed by atoms with Crippen molar-refractivity contribution < 1.29 is 53.1 Å². The molecule has 15 heteroatoms. The van der Waals surface area contributed by atoms with E-state index in [1.165, 1.54) is 4.90 Å². The van der Waals surface area contributed by atoms with Crippen LogP contribution in [0.1, 0.15) is 42.4 Å². The number of nitriles is 1. The van der Waals surface area contributed by atoms with Crippen LogP contribution in [0.3, 0.4) is 0 Å². The molecule has 2 atom stereocenters. The predicted octanol–water partition coefficient (Wildman–Crippen LogP) is 5.65. The molecule has 0 spiro atoms. The Morgan fingerprint density at radius 2 is 1.56 bits per heavy atom. The third-order valence-corrected chi connectivity index (χ3v) is 11.4. The summed E-state index contributed by atoms with van der Waals surface area (Å²) in [6, 6.07) is 5.94. The lowest BCUT2D eigenvalue weighted by Crippen LogP contribution is -2.55. The first-order valence-electron chi connectivity index (χ1n) is 13.2. The van der Waals surface area contributed by atoms with E-state index in [0.29, 0.717) is 6.07 Å². The Labute approximate surface area is 241 Å². The van der Waals surface area contributed by atoms with E-state index >= 15 is 0 Å². The third kappa shape index (κ3) is 4.43. The number of nitrogens with zero attached hydrogens (tertiary/aromatic N) is 2. The lowest BCUT2D eigenvalue weighted by Gasteiger charge is -2.44. The summed E-state index contributed by atoms with van der Waals surface area (Å²) in [5, 5.41) is 9.97. The number of halogens is 8. The molecule has 2 fully saturated rings. The Balaban J connectivity index is 1.70. The summed E-state index contributed by atoms with van der Waals surface area (Å²) >= 11 is 0. The number of ether oxygens (including phenoxy) is 1. The van der Waals surface area contributed by atoms with Crippen LogP contribution in [0.4, 0.5) is 35.1 Å². The summed E-state index contributed by atoms with van der Waals surface area (Å²) in [5.41, 5.74) is -9.45. The first-order chi connectivity index (χ1) is 20.0. The lowest BCUT2D eigenvalue weighted by molar-refractivity contribution is -0.348. The smallest absolute Gasteiger partial charge is 0.381 e. The van der Waals surface area contributed by atoms with E-state index in [1.807, 2.05) is 6.07 Å². The zero-order chi connectivity index (χ0) is 31.6. The third-order valence-electron chi connectivity index (χ3n) is 8.90. The van der Waals surface area contributed by atoms with Gasteiger partial charge in [-0.15, -0.1) is 0 Å². The molecule has 3 aliphatic rings. The van der Waals surface area contributed by atoms with Gasteiger partial charge in [0.05, 0.1) is 17.0 Å². The van der Waals surface area contributed by atoms with Crippen molar-refractivity contribution in [2.75, 3.05) is 19.8 Å². The quantitative estimate of drug-likeness (QED) is 0.320. The van der Waals surface area contributed by atoms with Gasteiger partial charge < -0.3 is 9.64 Å². The maximum absolute atomic E-state index is 15.0. The van der Waals surface area contributed by atoms with Crippen LogP contribution in [0.2, 0.25) is 0 Å². The predicted molar refractivity (Wildman–Crippen MR) is 133 cm³/mol. The molecule has 0 unspecified atom stereocenters. The molecule has 43 heavy (non-hydrogen) atoms. The SMILES string of the molecule is N#CC1(C(=O)N2CC[C@]3(S(=O)(=O)c4ccc(F)cc4)c4ccc(C(F)(C(F)(F)F)C(F)(F)F)cc4CC[C@H]23)CCOCC1. The largest absolute Gasteiger partial charge is 0.435 e. The highest BCUT2D eigenvalue weighted by molar-refractivity contribution is 7.92. The number of hydrogen-bond acceptors (Lipinski definition) is 5. The van der Waals surface area contributed by atoms with Gasteiger partial charge in [-0.25, -0.2) is 17.2 Å². The fraction of sp³-hybridized carbons (Fsp3) is 0.500. The van der Waals surface area contributed by atoms with Crippen LogP contribution >= 0.6 is 0 Å². The fourth-order valence-electron chi connectivity index (χ4n) is 6.67. The van der Waals surface area contributed by atoms with Crippen molar-refractivity contribution >= 4 is 15.7 Å². The van der Waals surface area contributed by atoms with E-state index in [2.05, 4.69) is 0 Å². The topological polar surface area (TPSA) is 87.5 Å². The van der Waals surface area contributed by atoms with E-state index in [1.54, 1.807) is 0 Å². The number of amides is 1. The molecule has 2 aromatic rings. The molecule has 2 aromatic carbocycles. The van der Waals surface area contributed by atoms with Crippen molar-refractivity contribution in [1.29, 1.82) is 5.26 Å². The van der Waals surface area contributed by atoms with E-state index in [-0.39, 0.29) is 69.1 Å². The first-order valence-corrected chi connectivity index (χ1v) is 14.7. The summed E-state index contributed by atoms with van der Waals surface area (Å²) in [4.78, 5) is 14.7. The molecule has 1 amide bonds. The van der Waals surface area contributed by atoms with Gasteiger partial charge in [-0.2, -0.15) is 31.6 Å². The summed E-state index contributed by atoms with van der Waals surface area (Å²) in [5.74, 6) is -1.42. The normalized spacial score (nSPS) is 24.2. The highest BCUT2D eigenvalue weighted by Gasteiger charge is 2.74. The van der Waals surface area contributed by atoms with Crippen molar-refractivity contribution in [1.82, 2.24) is 4.90 Å². The molecule has 2 heterocycles. The molecule has 0 radical (unpaired) electrons. The number of alkyl halides is 7. The van der Waals surface area contributed by atoms with Crippen molar-refractivity contribution in [3.8, 4) is 6.07 Å². The number of carbonyl (C=O) groups is 1. The number of hydrogen-bond donors (Lipinski definition) is 0. The maximum Gasteiger partial charge on any atom is 0.435 e. The lowest BCUT2D eigenvalue weighted by atomic mass is 9.76. The zero-order valence-electron chi connectivity index (χ0n) is 22.2. The van der Waals surface area contributed by atoms with E-state index in [4.69, 9.17) is 4.74 Å². The van der Waals surface area contributed by atoms with Crippen molar-refractivity contribution in [3.05, 3.63) is 65.0 Å². The number of likely N-dealkylation sites (tertiary alicyclic amines) is 1. The molecule has 2 aliphatic heterocycles. The van der Waals surface area contributed by atoms with Gasteiger partial charge in [0.2, 0.25) is 5.91 Å². The minimum Gasteiger partial charge on any atom is -0.381 e. The van der Waals surface area contributed by atoms with E-state index in [0.717, 1.165) is 30.3 Å². The van der Waals surface area contributed by atoms with Gasteiger partial charge in [-0.3, -0.25) is 4.79 Å². The maximum atomic E-state index is 15.0. The van der Waals surface area contributed by atoms with Crippen LogP contribution in [-0.2, 0) is 36.2 Å². The average Bonchev–Trinajstić information content (AvgIpc) is 3.37. The minimum atomic E-state index is -6.37. The second kappa shape index (κ2) is 10.2. The Bertz CT molecular complexity index is 1560. The van der Waals surface area contributed by atoms with Gasteiger partial charge in [-0.1, -0.05) is 18.2 Å². The molecule has 6 nitrogen and oxygen atoms in total. The van der Waals surface area contributed by atoms with Gasteiger partial charge in [-0.05, 0) is 67.5 Å². The van der Waals surface area contributed by atoms with E-state index < -0.39 is 66.2 Å². The molecular weight excluding hydrogens is 612 g/mol. The second-order valence-electron chi connectivity index (χ2n) is 11.0. The van der Waals surface area contributed by atoms with Crippen LogP contribution in [0.5, 0.6) is 0 Å². The van der Waals surface area contributed by atoms with Gasteiger partial charge in [0.15, 0.2) is 9.84 Å². The molecule has 232 valence electrons. The van der Waals surface area contributed by atoms with Gasteiger partial charge in [0.1, 0.15) is 16.0 Å². The standard InChI is InChI=1S/C28H24F8N2O4S/c29-19-3-5-20(6-4-19)43(40,41)25-9-12-38(23(39)24(16-37)10-13-42-14-11-24)22(25)8-1-17-15-18(2-7-21(17)25)26(30,27(31,32)33)28(34,35)36/h2-7,15,22H,1,8-14H2/t22-,25-/m0/s1. The minimum absolute atomic E-state index is 0.0384. The van der Waals surface area contributed by atoms with Crippen LogP contribution < -0.4 is 0 Å². The molecule has 0 aromatic heterocycles. The second-order valence-corrected chi connectivity index (χ2v) is 13.2. The molecule has 0 bridgehead atoms. The average molecular weight is 637 g/mol. The van der Waals surface area contributed by atoms with Crippen LogP contribution in [0, 0.1) is 22.6 Å². The molecule has 0 saturated carbocycles. The molecule has 2 saturated heterocycles.